The Kier molecular flexibility index (Phi) is 5.18. The van der Waals surface area contributed by atoms with E-state index in [-0.39, 0.29) is 11.6 Å². The topological polar surface area (TPSA) is 26.3 Å². The summed E-state index contributed by atoms with van der Waals surface area (Å²) in [7, 11) is 0. The van der Waals surface area contributed by atoms with E-state index in [1.54, 1.807) is 24.3 Å². The summed E-state index contributed by atoms with van der Waals surface area (Å²) in [5.41, 5.74) is 0.587. The molecule has 4 heteroatoms. The Morgan fingerprint density at radius 2 is 1.85 bits per heavy atom. The van der Waals surface area contributed by atoms with Crippen LogP contribution < -0.4 is 4.74 Å². The molecule has 20 heavy (non-hydrogen) atoms. The molecular formula is C16H15FO2S. The van der Waals surface area contributed by atoms with Gasteiger partial charge in [-0.2, -0.15) is 0 Å². The van der Waals surface area contributed by atoms with Gasteiger partial charge in [-0.15, -0.1) is 11.8 Å². The standard InChI is InChI=1S/C16H15FO2S/c1-2-19-16-6-4-3-5-14(16)15(18)11-20-13-9-7-12(17)8-10-13/h3-10H,2,11H2,1H3. The van der Waals surface area contributed by atoms with Crippen molar-refractivity contribution >= 4 is 17.5 Å². The number of carbonyl (C=O) groups excluding carboxylic acids is 1. The fraction of sp³-hybridized carbons (Fsp3) is 0.188. The van der Waals surface area contributed by atoms with Crippen LogP contribution in [0.5, 0.6) is 5.75 Å². The average molecular weight is 290 g/mol. The van der Waals surface area contributed by atoms with Crippen LogP contribution in [-0.2, 0) is 0 Å². The second kappa shape index (κ2) is 7.10. The van der Waals surface area contributed by atoms with Crippen molar-refractivity contribution in [1.82, 2.24) is 0 Å². The van der Waals surface area contributed by atoms with E-state index in [1.165, 1.54) is 23.9 Å². The zero-order chi connectivity index (χ0) is 14.4. The van der Waals surface area contributed by atoms with Gasteiger partial charge in [0.2, 0.25) is 0 Å². The Morgan fingerprint density at radius 1 is 1.15 bits per heavy atom. The molecule has 0 aromatic heterocycles. The van der Waals surface area contributed by atoms with Crippen molar-refractivity contribution < 1.29 is 13.9 Å². The highest BCUT2D eigenvalue weighted by molar-refractivity contribution is 8.00. The van der Waals surface area contributed by atoms with E-state index in [2.05, 4.69) is 0 Å². The monoisotopic (exact) mass is 290 g/mol. The third-order valence-electron chi connectivity index (χ3n) is 2.67. The van der Waals surface area contributed by atoms with Gasteiger partial charge in [-0.3, -0.25) is 4.79 Å². The Morgan fingerprint density at radius 3 is 2.55 bits per heavy atom. The number of halogens is 1. The molecular weight excluding hydrogens is 275 g/mol. The lowest BCUT2D eigenvalue weighted by atomic mass is 10.1. The van der Waals surface area contributed by atoms with E-state index in [0.717, 1.165) is 4.90 Å². The molecule has 0 aliphatic rings. The molecule has 0 radical (unpaired) electrons. The van der Waals surface area contributed by atoms with Crippen LogP contribution in [0.25, 0.3) is 0 Å². The molecule has 0 heterocycles. The molecule has 2 nitrogen and oxygen atoms in total. The maximum Gasteiger partial charge on any atom is 0.176 e. The van der Waals surface area contributed by atoms with Gasteiger partial charge < -0.3 is 4.74 Å². The summed E-state index contributed by atoms with van der Waals surface area (Å²) in [4.78, 5) is 13.1. The van der Waals surface area contributed by atoms with Crippen molar-refractivity contribution in [3.63, 3.8) is 0 Å². The summed E-state index contributed by atoms with van der Waals surface area (Å²) < 4.78 is 18.2. The number of thioether (sulfide) groups is 1. The number of ether oxygens (including phenoxy) is 1. The average Bonchev–Trinajstić information content (AvgIpc) is 2.47. The molecule has 0 spiro atoms. The second-order valence-corrected chi connectivity index (χ2v) is 5.14. The minimum atomic E-state index is -0.276. The lowest BCUT2D eigenvalue weighted by molar-refractivity contribution is 0.101. The van der Waals surface area contributed by atoms with E-state index in [4.69, 9.17) is 4.74 Å². The summed E-state index contributed by atoms with van der Waals surface area (Å²) >= 11 is 1.39. The van der Waals surface area contributed by atoms with Crippen molar-refractivity contribution in [1.29, 1.82) is 0 Å². The third kappa shape index (κ3) is 3.84. The smallest absolute Gasteiger partial charge is 0.176 e. The first-order chi connectivity index (χ1) is 9.70. The van der Waals surface area contributed by atoms with Gasteiger partial charge in [-0.25, -0.2) is 4.39 Å². The largest absolute Gasteiger partial charge is 0.493 e. The number of benzene rings is 2. The predicted molar refractivity (Wildman–Crippen MR) is 79.1 cm³/mol. The quantitative estimate of drug-likeness (QED) is 0.589. The highest BCUT2D eigenvalue weighted by atomic mass is 32.2. The first-order valence-electron chi connectivity index (χ1n) is 6.34. The fourth-order valence-corrected chi connectivity index (χ4v) is 2.52. The van der Waals surface area contributed by atoms with Crippen LogP contribution in [0.4, 0.5) is 4.39 Å². The highest BCUT2D eigenvalue weighted by Crippen LogP contribution is 2.23. The third-order valence-corrected chi connectivity index (χ3v) is 3.68. The number of carbonyl (C=O) groups is 1. The number of ketones is 1. The van der Waals surface area contributed by atoms with Gasteiger partial charge in [0.25, 0.3) is 0 Å². The minimum absolute atomic E-state index is 0.00313. The molecule has 0 unspecified atom stereocenters. The normalized spacial score (nSPS) is 10.3. The van der Waals surface area contributed by atoms with Gasteiger partial charge in [0, 0.05) is 4.90 Å². The maximum absolute atomic E-state index is 12.8. The van der Waals surface area contributed by atoms with E-state index in [0.29, 0.717) is 23.7 Å². The molecule has 0 N–H and O–H groups in total. The van der Waals surface area contributed by atoms with Crippen LogP contribution in [0.2, 0.25) is 0 Å². The van der Waals surface area contributed by atoms with Gasteiger partial charge in [0.05, 0.1) is 17.9 Å². The zero-order valence-corrected chi connectivity index (χ0v) is 12.0. The molecule has 2 rings (SSSR count). The molecule has 0 amide bonds. The number of para-hydroxylation sites is 1. The highest BCUT2D eigenvalue weighted by Gasteiger charge is 2.12. The minimum Gasteiger partial charge on any atom is -0.493 e. The first kappa shape index (κ1) is 14.6. The number of rotatable bonds is 6. The molecule has 104 valence electrons. The van der Waals surface area contributed by atoms with Crippen LogP contribution in [0.15, 0.2) is 53.4 Å². The Bertz CT molecular complexity index is 581. The van der Waals surface area contributed by atoms with Crippen molar-refractivity contribution in [2.45, 2.75) is 11.8 Å². The van der Waals surface area contributed by atoms with Gasteiger partial charge in [0.1, 0.15) is 11.6 Å². The number of hydrogen-bond acceptors (Lipinski definition) is 3. The molecule has 2 aromatic rings. The van der Waals surface area contributed by atoms with Crippen molar-refractivity contribution in [3.05, 3.63) is 59.9 Å². The predicted octanol–water partition coefficient (Wildman–Crippen LogP) is 4.20. The van der Waals surface area contributed by atoms with Gasteiger partial charge in [-0.05, 0) is 43.3 Å². The summed E-state index contributed by atoms with van der Waals surface area (Å²) in [6.07, 6.45) is 0. The van der Waals surface area contributed by atoms with Gasteiger partial charge in [0.15, 0.2) is 5.78 Å². The molecule has 0 aliphatic heterocycles. The van der Waals surface area contributed by atoms with E-state index in [1.807, 2.05) is 19.1 Å². The first-order valence-corrected chi connectivity index (χ1v) is 7.32. The molecule has 0 atom stereocenters. The lowest BCUT2D eigenvalue weighted by Crippen LogP contribution is -2.06. The summed E-state index contributed by atoms with van der Waals surface area (Å²) in [5.74, 6) is 0.640. The van der Waals surface area contributed by atoms with Crippen LogP contribution in [-0.4, -0.2) is 18.1 Å². The lowest BCUT2D eigenvalue weighted by Gasteiger charge is -2.08. The summed E-state index contributed by atoms with van der Waals surface area (Å²) in [6, 6.07) is 13.3. The van der Waals surface area contributed by atoms with E-state index < -0.39 is 0 Å². The number of Topliss-reactive ketones (excluding diaryl/α,β-unsaturated/α-hetero) is 1. The second-order valence-electron chi connectivity index (χ2n) is 4.09. The molecule has 0 saturated heterocycles. The summed E-state index contributed by atoms with van der Waals surface area (Å²) in [6.45, 7) is 2.41. The zero-order valence-electron chi connectivity index (χ0n) is 11.1. The Balaban J connectivity index is 2.03. The molecule has 2 aromatic carbocycles. The van der Waals surface area contributed by atoms with E-state index >= 15 is 0 Å². The fourth-order valence-electron chi connectivity index (χ4n) is 1.74. The Labute approximate surface area is 122 Å². The van der Waals surface area contributed by atoms with Crippen LogP contribution in [0.1, 0.15) is 17.3 Å². The Hall–Kier alpha value is -1.81. The van der Waals surface area contributed by atoms with Crippen LogP contribution in [0.3, 0.4) is 0 Å². The van der Waals surface area contributed by atoms with E-state index in [9.17, 15) is 9.18 Å². The van der Waals surface area contributed by atoms with Gasteiger partial charge in [-0.1, -0.05) is 12.1 Å². The molecule has 0 aliphatic carbocycles. The van der Waals surface area contributed by atoms with Crippen LogP contribution in [0, 0.1) is 5.82 Å². The molecule has 0 saturated carbocycles. The molecule has 0 bridgehead atoms. The van der Waals surface area contributed by atoms with Crippen molar-refractivity contribution in [3.8, 4) is 5.75 Å². The maximum atomic E-state index is 12.8. The van der Waals surface area contributed by atoms with Crippen molar-refractivity contribution in [2.75, 3.05) is 12.4 Å². The summed E-state index contributed by atoms with van der Waals surface area (Å²) in [5, 5.41) is 0. The van der Waals surface area contributed by atoms with Gasteiger partial charge >= 0.3 is 0 Å². The SMILES string of the molecule is CCOc1ccccc1C(=O)CSc1ccc(F)cc1. The van der Waals surface area contributed by atoms with Crippen molar-refractivity contribution in [2.24, 2.45) is 0 Å². The number of hydrogen-bond donors (Lipinski definition) is 0. The molecule has 0 fully saturated rings. The van der Waals surface area contributed by atoms with Crippen LogP contribution >= 0.6 is 11.8 Å².